The standard InChI is InChI=1S/C17H13F2N7/c1-8-10(18)3-4-13(21-8)15-25-16-14(22-9(2)23-16)17(26-15)24-12-5-6-20-7-11(12)19/h3-7H,1-2H3,(H2,20,22,23,24,25,26). The number of halogens is 2. The lowest BCUT2D eigenvalue weighted by atomic mass is 10.3. The Hall–Kier alpha value is -3.49. The van der Waals surface area contributed by atoms with E-state index in [1.807, 2.05) is 0 Å². The van der Waals surface area contributed by atoms with Crippen molar-refractivity contribution >= 4 is 22.7 Å². The second kappa shape index (κ2) is 6.10. The summed E-state index contributed by atoms with van der Waals surface area (Å²) in [7, 11) is 0. The Labute approximate surface area is 146 Å². The second-order valence-electron chi connectivity index (χ2n) is 5.66. The number of pyridine rings is 2. The van der Waals surface area contributed by atoms with Gasteiger partial charge in [0.2, 0.25) is 0 Å². The number of imidazole rings is 1. The van der Waals surface area contributed by atoms with Gasteiger partial charge in [-0.2, -0.15) is 0 Å². The highest BCUT2D eigenvalue weighted by Gasteiger charge is 2.15. The molecule has 0 saturated heterocycles. The zero-order valence-electron chi connectivity index (χ0n) is 13.9. The molecule has 130 valence electrons. The van der Waals surface area contributed by atoms with Gasteiger partial charge in [0.15, 0.2) is 23.1 Å². The predicted octanol–water partition coefficient (Wildman–Crippen LogP) is 3.45. The molecule has 0 fully saturated rings. The Kier molecular flexibility index (Phi) is 3.76. The van der Waals surface area contributed by atoms with Crippen LogP contribution in [0.3, 0.4) is 0 Å². The van der Waals surface area contributed by atoms with Gasteiger partial charge in [0.1, 0.15) is 22.9 Å². The summed E-state index contributed by atoms with van der Waals surface area (Å²) in [6.45, 7) is 3.33. The van der Waals surface area contributed by atoms with Crippen LogP contribution in [-0.2, 0) is 0 Å². The van der Waals surface area contributed by atoms with Crippen molar-refractivity contribution in [1.82, 2.24) is 29.9 Å². The third-order valence-corrected chi connectivity index (χ3v) is 3.75. The van der Waals surface area contributed by atoms with Gasteiger partial charge >= 0.3 is 0 Å². The lowest BCUT2D eigenvalue weighted by molar-refractivity contribution is 0.610. The van der Waals surface area contributed by atoms with Crippen LogP contribution in [0.1, 0.15) is 11.5 Å². The number of hydrogen-bond acceptors (Lipinski definition) is 6. The van der Waals surface area contributed by atoms with E-state index in [2.05, 4.69) is 35.2 Å². The fourth-order valence-electron chi connectivity index (χ4n) is 2.49. The molecule has 0 atom stereocenters. The smallest absolute Gasteiger partial charge is 0.183 e. The molecule has 0 aliphatic heterocycles. The molecule has 4 heterocycles. The third-order valence-electron chi connectivity index (χ3n) is 3.75. The molecule has 0 aliphatic carbocycles. The molecular formula is C17H13F2N7. The molecular weight excluding hydrogens is 340 g/mol. The minimum Gasteiger partial charge on any atom is -0.338 e. The summed E-state index contributed by atoms with van der Waals surface area (Å²) < 4.78 is 27.5. The summed E-state index contributed by atoms with van der Waals surface area (Å²) in [5, 5.41) is 2.93. The van der Waals surface area contributed by atoms with Crippen LogP contribution >= 0.6 is 0 Å². The van der Waals surface area contributed by atoms with Gasteiger partial charge in [-0.05, 0) is 32.0 Å². The Morgan fingerprint density at radius 3 is 2.58 bits per heavy atom. The summed E-state index contributed by atoms with van der Waals surface area (Å²) in [4.78, 5) is 24.1. The number of anilines is 2. The van der Waals surface area contributed by atoms with Crippen LogP contribution in [0.5, 0.6) is 0 Å². The van der Waals surface area contributed by atoms with Crippen molar-refractivity contribution in [3.05, 3.63) is 53.7 Å². The van der Waals surface area contributed by atoms with E-state index in [1.54, 1.807) is 13.8 Å². The molecule has 0 amide bonds. The van der Waals surface area contributed by atoms with Gasteiger partial charge in [-0.15, -0.1) is 0 Å². The first-order valence-electron chi connectivity index (χ1n) is 7.75. The zero-order chi connectivity index (χ0) is 18.3. The molecule has 0 saturated carbocycles. The molecule has 0 aliphatic rings. The molecule has 4 aromatic rings. The summed E-state index contributed by atoms with van der Waals surface area (Å²) in [5.74, 6) is 0.284. The van der Waals surface area contributed by atoms with Crippen molar-refractivity contribution < 1.29 is 8.78 Å². The van der Waals surface area contributed by atoms with E-state index in [1.165, 1.54) is 24.4 Å². The second-order valence-corrected chi connectivity index (χ2v) is 5.66. The number of nitrogens with zero attached hydrogens (tertiary/aromatic N) is 5. The molecule has 0 radical (unpaired) electrons. The van der Waals surface area contributed by atoms with Crippen LogP contribution in [0.15, 0.2) is 30.6 Å². The number of H-pyrrole nitrogens is 1. The fourth-order valence-corrected chi connectivity index (χ4v) is 2.49. The van der Waals surface area contributed by atoms with Crippen molar-refractivity contribution in [2.75, 3.05) is 5.32 Å². The number of hydrogen-bond donors (Lipinski definition) is 2. The minimum atomic E-state index is -0.521. The molecule has 9 heteroatoms. The van der Waals surface area contributed by atoms with Crippen molar-refractivity contribution in [3.63, 3.8) is 0 Å². The Balaban J connectivity index is 1.88. The van der Waals surface area contributed by atoms with Crippen LogP contribution in [0.25, 0.3) is 22.7 Å². The molecule has 4 rings (SSSR count). The highest BCUT2D eigenvalue weighted by atomic mass is 19.1. The average molecular weight is 353 g/mol. The summed E-state index contributed by atoms with van der Waals surface area (Å²) >= 11 is 0. The lowest BCUT2D eigenvalue weighted by Crippen LogP contribution is -2.02. The van der Waals surface area contributed by atoms with Gasteiger partial charge < -0.3 is 10.3 Å². The van der Waals surface area contributed by atoms with Crippen molar-refractivity contribution in [2.45, 2.75) is 13.8 Å². The number of aryl methyl sites for hydroxylation is 2. The summed E-state index contributed by atoms with van der Waals surface area (Å²) in [6, 6.07) is 4.28. The maximum Gasteiger partial charge on any atom is 0.183 e. The van der Waals surface area contributed by atoms with Gasteiger partial charge in [0.25, 0.3) is 0 Å². The van der Waals surface area contributed by atoms with Gasteiger partial charge in [-0.1, -0.05) is 0 Å². The largest absolute Gasteiger partial charge is 0.338 e. The van der Waals surface area contributed by atoms with Crippen LogP contribution in [0.4, 0.5) is 20.3 Å². The first kappa shape index (κ1) is 16.0. The zero-order valence-corrected chi connectivity index (χ0v) is 13.9. The molecule has 26 heavy (non-hydrogen) atoms. The van der Waals surface area contributed by atoms with Gasteiger partial charge in [-0.3, -0.25) is 4.98 Å². The van der Waals surface area contributed by atoms with E-state index in [4.69, 9.17) is 0 Å². The van der Waals surface area contributed by atoms with E-state index >= 15 is 0 Å². The van der Waals surface area contributed by atoms with Crippen LogP contribution in [-0.4, -0.2) is 29.9 Å². The number of aromatic amines is 1. The van der Waals surface area contributed by atoms with E-state index in [9.17, 15) is 8.78 Å². The molecule has 0 bridgehead atoms. The van der Waals surface area contributed by atoms with Gasteiger partial charge in [0, 0.05) is 6.20 Å². The van der Waals surface area contributed by atoms with Crippen LogP contribution in [0.2, 0.25) is 0 Å². The molecule has 4 aromatic heterocycles. The minimum absolute atomic E-state index is 0.210. The maximum absolute atomic E-state index is 14.0. The molecule has 7 nitrogen and oxygen atoms in total. The predicted molar refractivity (Wildman–Crippen MR) is 91.8 cm³/mol. The number of nitrogens with one attached hydrogen (secondary N) is 2. The van der Waals surface area contributed by atoms with Crippen LogP contribution in [0, 0.1) is 25.5 Å². The quantitative estimate of drug-likeness (QED) is 0.586. The van der Waals surface area contributed by atoms with E-state index < -0.39 is 11.6 Å². The first-order valence-corrected chi connectivity index (χ1v) is 7.75. The number of rotatable bonds is 3. The van der Waals surface area contributed by atoms with Crippen LogP contribution < -0.4 is 5.32 Å². The highest BCUT2D eigenvalue weighted by Crippen LogP contribution is 2.26. The maximum atomic E-state index is 14.0. The van der Waals surface area contributed by atoms with E-state index in [-0.39, 0.29) is 17.2 Å². The molecule has 2 N–H and O–H groups in total. The normalized spacial score (nSPS) is 11.1. The topological polar surface area (TPSA) is 92.3 Å². The number of fused-ring (bicyclic) bond motifs is 1. The molecule has 0 unspecified atom stereocenters. The highest BCUT2D eigenvalue weighted by molar-refractivity contribution is 5.87. The molecule has 0 spiro atoms. The average Bonchev–Trinajstić information content (AvgIpc) is 3.00. The monoisotopic (exact) mass is 353 g/mol. The van der Waals surface area contributed by atoms with Gasteiger partial charge in [0.05, 0.1) is 17.6 Å². The third kappa shape index (κ3) is 2.83. The first-order chi connectivity index (χ1) is 12.5. The van der Waals surface area contributed by atoms with Crippen molar-refractivity contribution in [3.8, 4) is 11.5 Å². The summed E-state index contributed by atoms with van der Waals surface area (Å²) in [6.07, 6.45) is 2.57. The Bertz CT molecular complexity index is 1120. The van der Waals surface area contributed by atoms with E-state index in [0.717, 1.165) is 6.20 Å². The molecule has 0 aromatic carbocycles. The van der Waals surface area contributed by atoms with Crippen molar-refractivity contribution in [1.29, 1.82) is 0 Å². The Morgan fingerprint density at radius 1 is 0.962 bits per heavy atom. The summed E-state index contributed by atoms with van der Waals surface area (Å²) in [5.41, 5.74) is 1.76. The van der Waals surface area contributed by atoms with Gasteiger partial charge in [-0.25, -0.2) is 28.7 Å². The SMILES string of the molecule is Cc1nc2nc(-c3ccc(F)c(C)n3)nc(Nc3ccncc3F)c2[nH]1. The van der Waals surface area contributed by atoms with E-state index in [0.29, 0.717) is 28.5 Å². The lowest BCUT2D eigenvalue weighted by Gasteiger charge is -2.09. The fraction of sp³-hybridized carbons (Fsp3) is 0.118. The Morgan fingerprint density at radius 2 is 1.81 bits per heavy atom. The number of aromatic nitrogens is 6. The van der Waals surface area contributed by atoms with Crippen molar-refractivity contribution in [2.24, 2.45) is 0 Å².